The summed E-state index contributed by atoms with van der Waals surface area (Å²) in [4.78, 5) is 6.99. The first-order valence-corrected chi connectivity index (χ1v) is 7.10. The fourth-order valence-corrected chi connectivity index (χ4v) is 2.51. The molecule has 0 aliphatic carbocycles. The molecule has 1 fully saturated rings. The molecular formula is C15H25N3. The molecule has 2 atom stereocenters. The summed E-state index contributed by atoms with van der Waals surface area (Å²) in [5.74, 6) is 2.63. The number of anilines is 1. The van der Waals surface area contributed by atoms with E-state index in [9.17, 15) is 0 Å². The van der Waals surface area contributed by atoms with E-state index in [0.29, 0.717) is 0 Å². The summed E-state index contributed by atoms with van der Waals surface area (Å²) in [6.45, 7) is 11.3. The van der Waals surface area contributed by atoms with Crippen LogP contribution in [0.4, 0.5) is 5.82 Å². The van der Waals surface area contributed by atoms with E-state index in [4.69, 9.17) is 0 Å². The van der Waals surface area contributed by atoms with Crippen LogP contribution in [-0.2, 0) is 6.54 Å². The number of hydrogen-bond donors (Lipinski definition) is 1. The summed E-state index contributed by atoms with van der Waals surface area (Å²) in [7, 11) is 0. The summed E-state index contributed by atoms with van der Waals surface area (Å²) in [6, 6.07) is 4.28. The van der Waals surface area contributed by atoms with Crippen LogP contribution in [0.25, 0.3) is 0 Å². The number of pyridine rings is 1. The first-order valence-electron chi connectivity index (χ1n) is 7.10. The third-order valence-electron chi connectivity index (χ3n) is 3.85. The molecule has 1 aromatic heterocycles. The average molecular weight is 247 g/mol. The monoisotopic (exact) mass is 247 g/mol. The lowest BCUT2D eigenvalue weighted by Gasteiger charge is -2.15. The van der Waals surface area contributed by atoms with Gasteiger partial charge in [0.2, 0.25) is 0 Å². The summed E-state index contributed by atoms with van der Waals surface area (Å²) >= 11 is 0. The van der Waals surface area contributed by atoms with Gasteiger partial charge in [0.1, 0.15) is 5.82 Å². The van der Waals surface area contributed by atoms with E-state index < -0.39 is 0 Å². The van der Waals surface area contributed by atoms with Crippen molar-refractivity contribution in [3.63, 3.8) is 0 Å². The zero-order chi connectivity index (χ0) is 13.0. The lowest BCUT2D eigenvalue weighted by atomic mass is 10.0. The predicted molar refractivity (Wildman–Crippen MR) is 76.6 cm³/mol. The number of hydrogen-bond acceptors (Lipinski definition) is 3. The first-order chi connectivity index (χ1) is 8.69. The van der Waals surface area contributed by atoms with E-state index in [1.807, 2.05) is 6.20 Å². The summed E-state index contributed by atoms with van der Waals surface area (Å²) in [6.07, 6.45) is 3.14. The maximum Gasteiger partial charge on any atom is 0.125 e. The molecule has 18 heavy (non-hydrogen) atoms. The number of aromatic nitrogens is 1. The van der Waals surface area contributed by atoms with Gasteiger partial charge in [-0.05, 0) is 29.9 Å². The predicted octanol–water partition coefficient (Wildman–Crippen LogP) is 2.99. The Kier molecular flexibility index (Phi) is 4.59. The largest absolute Gasteiger partial charge is 0.370 e. The highest BCUT2D eigenvalue weighted by Crippen LogP contribution is 2.23. The van der Waals surface area contributed by atoms with Crippen molar-refractivity contribution < 1.29 is 0 Å². The molecular weight excluding hydrogens is 222 g/mol. The Labute approximate surface area is 111 Å². The van der Waals surface area contributed by atoms with Gasteiger partial charge in [0.05, 0.1) is 0 Å². The third-order valence-corrected chi connectivity index (χ3v) is 3.85. The van der Waals surface area contributed by atoms with Crippen molar-refractivity contribution in [3.8, 4) is 0 Å². The molecule has 1 aliphatic rings. The van der Waals surface area contributed by atoms with Crippen molar-refractivity contribution in [3.05, 3.63) is 23.9 Å². The fourth-order valence-electron chi connectivity index (χ4n) is 2.51. The third kappa shape index (κ3) is 3.45. The molecule has 0 aromatic carbocycles. The van der Waals surface area contributed by atoms with Crippen LogP contribution < -0.4 is 5.32 Å². The molecule has 0 amide bonds. The summed E-state index contributed by atoms with van der Waals surface area (Å²) in [5.41, 5.74) is 1.32. The SMILES string of the molecule is CCCNc1ccc(CN2CC(C)C(C)C2)cn1. The van der Waals surface area contributed by atoms with Gasteiger partial charge in [-0.3, -0.25) is 4.90 Å². The van der Waals surface area contributed by atoms with Crippen molar-refractivity contribution in [1.29, 1.82) is 0 Å². The maximum atomic E-state index is 4.46. The van der Waals surface area contributed by atoms with E-state index in [-0.39, 0.29) is 0 Å². The number of nitrogens with zero attached hydrogens (tertiary/aromatic N) is 2. The van der Waals surface area contributed by atoms with Crippen LogP contribution in [0.1, 0.15) is 32.8 Å². The van der Waals surface area contributed by atoms with Gasteiger partial charge in [0.15, 0.2) is 0 Å². The quantitative estimate of drug-likeness (QED) is 0.867. The molecule has 2 rings (SSSR count). The van der Waals surface area contributed by atoms with Crippen LogP contribution in [0.3, 0.4) is 0 Å². The second kappa shape index (κ2) is 6.19. The fraction of sp³-hybridized carbons (Fsp3) is 0.667. The summed E-state index contributed by atoms with van der Waals surface area (Å²) in [5, 5.41) is 3.30. The minimum Gasteiger partial charge on any atom is -0.370 e. The Balaban J connectivity index is 1.86. The number of nitrogens with one attached hydrogen (secondary N) is 1. The Morgan fingerprint density at radius 3 is 2.56 bits per heavy atom. The second-order valence-corrected chi connectivity index (χ2v) is 5.63. The van der Waals surface area contributed by atoms with Crippen LogP contribution in [0.2, 0.25) is 0 Å². The Bertz CT molecular complexity index is 351. The lowest BCUT2D eigenvalue weighted by molar-refractivity contribution is 0.316. The van der Waals surface area contributed by atoms with E-state index in [1.54, 1.807) is 0 Å². The molecule has 3 heteroatoms. The Morgan fingerprint density at radius 2 is 2.00 bits per heavy atom. The molecule has 1 aromatic rings. The van der Waals surface area contributed by atoms with E-state index in [1.165, 1.54) is 18.7 Å². The van der Waals surface area contributed by atoms with Gasteiger partial charge in [-0.15, -0.1) is 0 Å². The van der Waals surface area contributed by atoms with Gasteiger partial charge >= 0.3 is 0 Å². The van der Waals surface area contributed by atoms with Gasteiger partial charge < -0.3 is 5.32 Å². The maximum absolute atomic E-state index is 4.46. The molecule has 0 saturated carbocycles. The van der Waals surface area contributed by atoms with Crippen molar-refractivity contribution in [1.82, 2.24) is 9.88 Å². The average Bonchev–Trinajstić information content (AvgIpc) is 2.67. The van der Waals surface area contributed by atoms with Crippen molar-refractivity contribution in [2.24, 2.45) is 11.8 Å². The van der Waals surface area contributed by atoms with E-state index in [2.05, 4.69) is 48.1 Å². The topological polar surface area (TPSA) is 28.2 Å². The van der Waals surface area contributed by atoms with Gasteiger partial charge in [-0.1, -0.05) is 26.8 Å². The molecule has 0 bridgehead atoms. The number of likely N-dealkylation sites (tertiary alicyclic amines) is 1. The van der Waals surface area contributed by atoms with Crippen LogP contribution in [0.5, 0.6) is 0 Å². The molecule has 1 aliphatic heterocycles. The van der Waals surface area contributed by atoms with Crippen LogP contribution in [0, 0.1) is 11.8 Å². The minimum atomic E-state index is 0.823. The minimum absolute atomic E-state index is 0.823. The van der Waals surface area contributed by atoms with Crippen LogP contribution in [0.15, 0.2) is 18.3 Å². The second-order valence-electron chi connectivity index (χ2n) is 5.63. The van der Waals surface area contributed by atoms with Crippen molar-refractivity contribution >= 4 is 5.82 Å². The van der Waals surface area contributed by atoms with E-state index in [0.717, 1.165) is 37.2 Å². The van der Waals surface area contributed by atoms with Gasteiger partial charge in [0.25, 0.3) is 0 Å². The molecule has 0 spiro atoms. The van der Waals surface area contributed by atoms with Crippen LogP contribution >= 0.6 is 0 Å². The zero-order valence-electron chi connectivity index (χ0n) is 11.8. The molecule has 2 heterocycles. The van der Waals surface area contributed by atoms with E-state index >= 15 is 0 Å². The molecule has 100 valence electrons. The van der Waals surface area contributed by atoms with Gasteiger partial charge in [-0.2, -0.15) is 0 Å². The highest BCUT2D eigenvalue weighted by atomic mass is 15.1. The van der Waals surface area contributed by atoms with Crippen LogP contribution in [-0.4, -0.2) is 29.5 Å². The molecule has 1 N–H and O–H groups in total. The molecule has 2 unspecified atom stereocenters. The molecule has 0 radical (unpaired) electrons. The standard InChI is InChI=1S/C15H25N3/c1-4-7-16-15-6-5-14(8-17-15)11-18-9-12(2)13(3)10-18/h5-6,8,12-13H,4,7,9-11H2,1-3H3,(H,16,17). The normalized spacial score (nSPS) is 24.4. The van der Waals surface area contributed by atoms with Crippen molar-refractivity contribution in [2.75, 3.05) is 25.0 Å². The molecule has 1 saturated heterocycles. The van der Waals surface area contributed by atoms with Gasteiger partial charge in [0, 0.05) is 32.4 Å². The molecule has 3 nitrogen and oxygen atoms in total. The highest BCUT2D eigenvalue weighted by Gasteiger charge is 2.25. The smallest absolute Gasteiger partial charge is 0.125 e. The zero-order valence-corrected chi connectivity index (χ0v) is 11.8. The summed E-state index contributed by atoms with van der Waals surface area (Å²) < 4.78 is 0. The highest BCUT2D eigenvalue weighted by molar-refractivity contribution is 5.35. The number of rotatable bonds is 5. The van der Waals surface area contributed by atoms with Crippen molar-refractivity contribution in [2.45, 2.75) is 33.7 Å². The Hall–Kier alpha value is -1.09. The lowest BCUT2D eigenvalue weighted by Crippen LogP contribution is -2.20. The van der Waals surface area contributed by atoms with Gasteiger partial charge in [-0.25, -0.2) is 4.98 Å². The Morgan fingerprint density at radius 1 is 1.28 bits per heavy atom. The first kappa shape index (κ1) is 13.3.